The summed E-state index contributed by atoms with van der Waals surface area (Å²) in [6.45, 7) is 11.7. The Hall–Kier alpha value is -1.20. The number of rotatable bonds is 5. The van der Waals surface area contributed by atoms with Crippen LogP contribution in [0.5, 0.6) is 0 Å². The van der Waals surface area contributed by atoms with Crippen LogP contribution in [0.25, 0.3) is 0 Å². The lowest BCUT2D eigenvalue weighted by Gasteiger charge is -2.34. The third-order valence-electron chi connectivity index (χ3n) is 3.83. The van der Waals surface area contributed by atoms with Crippen molar-refractivity contribution in [3.05, 3.63) is 17.6 Å². The van der Waals surface area contributed by atoms with Gasteiger partial charge in [0.2, 0.25) is 0 Å². The number of nitrogens with zero attached hydrogens (tertiary/aromatic N) is 3. The largest absolute Gasteiger partial charge is 0.378 e. The van der Waals surface area contributed by atoms with Crippen LogP contribution in [0.1, 0.15) is 52.1 Å². The molecule has 1 atom stereocenters. The minimum absolute atomic E-state index is 0.0758. The molecule has 0 aromatic carbocycles. The van der Waals surface area contributed by atoms with Crippen LogP contribution >= 0.6 is 0 Å². The SMILES string of the molecule is CCOC1CCCN(c2cc(COC)nc(C(C)(C)C)n2)C1. The molecule has 1 unspecified atom stereocenters. The number of ether oxygens (including phenoxy) is 2. The van der Waals surface area contributed by atoms with Crippen molar-refractivity contribution in [1.29, 1.82) is 0 Å². The van der Waals surface area contributed by atoms with Gasteiger partial charge in [0.1, 0.15) is 11.6 Å². The Balaban J connectivity index is 2.26. The second-order valence-corrected chi connectivity index (χ2v) is 6.89. The lowest BCUT2D eigenvalue weighted by atomic mass is 9.95. The first-order chi connectivity index (χ1) is 10.4. The molecule has 1 aromatic rings. The van der Waals surface area contributed by atoms with Crippen LogP contribution in [0, 0.1) is 0 Å². The van der Waals surface area contributed by atoms with Gasteiger partial charge in [-0.1, -0.05) is 20.8 Å². The third-order valence-corrected chi connectivity index (χ3v) is 3.83. The monoisotopic (exact) mass is 307 g/mol. The van der Waals surface area contributed by atoms with E-state index >= 15 is 0 Å². The summed E-state index contributed by atoms with van der Waals surface area (Å²) in [4.78, 5) is 11.8. The molecule has 0 bridgehead atoms. The van der Waals surface area contributed by atoms with Crippen molar-refractivity contribution in [2.45, 2.75) is 58.7 Å². The number of aromatic nitrogens is 2. The van der Waals surface area contributed by atoms with E-state index in [-0.39, 0.29) is 5.41 Å². The summed E-state index contributed by atoms with van der Waals surface area (Å²) < 4.78 is 11.1. The van der Waals surface area contributed by atoms with E-state index in [4.69, 9.17) is 14.5 Å². The summed E-state index contributed by atoms with van der Waals surface area (Å²) in [6.07, 6.45) is 2.57. The standard InChI is InChI=1S/C17H29N3O2/c1-6-22-14-8-7-9-20(11-14)15-10-13(12-21-5)18-16(19-15)17(2,3)4/h10,14H,6-9,11-12H2,1-5H3. The predicted molar refractivity (Wildman–Crippen MR) is 88.3 cm³/mol. The van der Waals surface area contributed by atoms with E-state index in [1.165, 1.54) is 0 Å². The van der Waals surface area contributed by atoms with Gasteiger partial charge in [-0.05, 0) is 19.8 Å². The zero-order valence-electron chi connectivity index (χ0n) is 14.6. The normalized spacial score (nSPS) is 19.5. The first-order valence-corrected chi connectivity index (χ1v) is 8.18. The molecule has 2 heterocycles. The summed E-state index contributed by atoms with van der Waals surface area (Å²) in [5.41, 5.74) is 0.865. The van der Waals surface area contributed by atoms with E-state index in [9.17, 15) is 0 Å². The van der Waals surface area contributed by atoms with Crippen molar-refractivity contribution in [3.8, 4) is 0 Å². The highest BCUT2D eigenvalue weighted by atomic mass is 16.5. The number of methoxy groups -OCH3 is 1. The summed E-state index contributed by atoms with van der Waals surface area (Å²) in [6, 6.07) is 2.05. The quantitative estimate of drug-likeness (QED) is 0.837. The second kappa shape index (κ2) is 7.38. The number of piperidine rings is 1. The van der Waals surface area contributed by atoms with Gasteiger partial charge >= 0.3 is 0 Å². The maximum Gasteiger partial charge on any atom is 0.136 e. The molecule has 1 saturated heterocycles. The Morgan fingerprint density at radius 3 is 2.73 bits per heavy atom. The van der Waals surface area contributed by atoms with E-state index in [0.29, 0.717) is 12.7 Å². The lowest BCUT2D eigenvalue weighted by molar-refractivity contribution is 0.0525. The highest BCUT2D eigenvalue weighted by molar-refractivity contribution is 5.41. The highest BCUT2D eigenvalue weighted by Gasteiger charge is 2.24. The van der Waals surface area contributed by atoms with E-state index < -0.39 is 0 Å². The van der Waals surface area contributed by atoms with E-state index in [2.05, 4.69) is 37.6 Å². The average molecular weight is 307 g/mol. The van der Waals surface area contributed by atoms with Gasteiger partial charge in [0.15, 0.2) is 0 Å². The Kier molecular flexibility index (Phi) is 5.75. The fourth-order valence-electron chi connectivity index (χ4n) is 2.72. The van der Waals surface area contributed by atoms with Crippen molar-refractivity contribution in [1.82, 2.24) is 9.97 Å². The molecule has 0 amide bonds. The molecule has 0 saturated carbocycles. The Labute approximate surface area is 134 Å². The van der Waals surface area contributed by atoms with Crippen molar-refractivity contribution in [2.75, 3.05) is 31.7 Å². The van der Waals surface area contributed by atoms with Crippen LogP contribution in [0.2, 0.25) is 0 Å². The number of hydrogen-bond donors (Lipinski definition) is 0. The van der Waals surface area contributed by atoms with E-state index in [1.54, 1.807) is 7.11 Å². The minimum Gasteiger partial charge on any atom is -0.378 e. The van der Waals surface area contributed by atoms with Crippen molar-refractivity contribution in [3.63, 3.8) is 0 Å². The lowest BCUT2D eigenvalue weighted by Crippen LogP contribution is -2.40. The van der Waals surface area contributed by atoms with Crippen LogP contribution < -0.4 is 4.90 Å². The maximum atomic E-state index is 5.80. The van der Waals surface area contributed by atoms with Crippen molar-refractivity contribution in [2.24, 2.45) is 0 Å². The molecule has 5 nitrogen and oxygen atoms in total. The minimum atomic E-state index is -0.0758. The van der Waals surface area contributed by atoms with E-state index in [0.717, 1.165) is 49.9 Å². The molecule has 5 heteroatoms. The van der Waals surface area contributed by atoms with Crippen molar-refractivity contribution < 1.29 is 9.47 Å². The maximum absolute atomic E-state index is 5.80. The van der Waals surface area contributed by atoms with Crippen LogP contribution in [0.4, 0.5) is 5.82 Å². The third kappa shape index (κ3) is 4.40. The number of anilines is 1. The van der Waals surface area contributed by atoms with Gasteiger partial charge in [-0.15, -0.1) is 0 Å². The molecule has 0 spiro atoms. The fourth-order valence-corrected chi connectivity index (χ4v) is 2.72. The van der Waals surface area contributed by atoms with Crippen LogP contribution in [-0.4, -0.2) is 42.9 Å². The van der Waals surface area contributed by atoms with Crippen LogP contribution in [0.3, 0.4) is 0 Å². The first-order valence-electron chi connectivity index (χ1n) is 8.18. The van der Waals surface area contributed by atoms with Gasteiger partial charge < -0.3 is 14.4 Å². The van der Waals surface area contributed by atoms with Crippen LogP contribution in [-0.2, 0) is 21.5 Å². The van der Waals surface area contributed by atoms with Gasteiger partial charge in [-0.2, -0.15) is 0 Å². The zero-order valence-corrected chi connectivity index (χ0v) is 14.6. The topological polar surface area (TPSA) is 47.5 Å². The molecule has 124 valence electrons. The molecule has 1 fully saturated rings. The van der Waals surface area contributed by atoms with Gasteiger partial charge in [-0.25, -0.2) is 9.97 Å². The smallest absolute Gasteiger partial charge is 0.136 e. The Morgan fingerprint density at radius 1 is 1.32 bits per heavy atom. The van der Waals surface area contributed by atoms with Gasteiger partial charge in [0, 0.05) is 38.3 Å². The Bertz CT molecular complexity index is 483. The molecule has 0 aliphatic carbocycles. The molecular weight excluding hydrogens is 278 g/mol. The summed E-state index contributed by atoms with van der Waals surface area (Å²) in [5.74, 6) is 1.87. The molecule has 0 N–H and O–H groups in total. The zero-order chi connectivity index (χ0) is 16.2. The molecule has 1 aromatic heterocycles. The predicted octanol–water partition coefficient (Wildman–Crippen LogP) is 2.93. The molecule has 0 radical (unpaired) electrons. The van der Waals surface area contributed by atoms with Gasteiger partial charge in [-0.3, -0.25) is 0 Å². The molecular formula is C17H29N3O2. The summed E-state index contributed by atoms with van der Waals surface area (Å²) >= 11 is 0. The Morgan fingerprint density at radius 2 is 2.09 bits per heavy atom. The van der Waals surface area contributed by atoms with Gasteiger partial charge in [0.05, 0.1) is 18.4 Å². The molecule has 1 aliphatic rings. The van der Waals surface area contributed by atoms with E-state index in [1.807, 2.05) is 6.07 Å². The number of hydrogen-bond acceptors (Lipinski definition) is 5. The van der Waals surface area contributed by atoms with Crippen molar-refractivity contribution >= 4 is 5.82 Å². The fraction of sp³-hybridized carbons (Fsp3) is 0.765. The van der Waals surface area contributed by atoms with Gasteiger partial charge in [0.25, 0.3) is 0 Å². The first kappa shape index (κ1) is 17.2. The second-order valence-electron chi connectivity index (χ2n) is 6.89. The highest BCUT2D eigenvalue weighted by Crippen LogP contribution is 2.25. The molecule has 2 rings (SSSR count). The summed E-state index contributed by atoms with van der Waals surface area (Å²) in [7, 11) is 1.70. The average Bonchev–Trinajstić information content (AvgIpc) is 2.47. The summed E-state index contributed by atoms with van der Waals surface area (Å²) in [5, 5.41) is 0. The molecule has 1 aliphatic heterocycles. The van der Waals surface area contributed by atoms with Crippen LogP contribution in [0.15, 0.2) is 6.07 Å². The molecule has 22 heavy (non-hydrogen) atoms.